The first-order valence-electron chi connectivity index (χ1n) is 12.8. The number of imidazole rings is 1. The summed E-state index contributed by atoms with van der Waals surface area (Å²) in [6, 6.07) is 34.3. The molecule has 0 unspecified atom stereocenters. The van der Waals surface area contributed by atoms with Gasteiger partial charge in [0.05, 0.1) is 27.5 Å². The van der Waals surface area contributed by atoms with E-state index in [0.717, 1.165) is 16.6 Å². The largest absolute Gasteiger partial charge is 0.323 e. The molecule has 7 heteroatoms. The van der Waals surface area contributed by atoms with Crippen LogP contribution in [0.4, 0.5) is 4.39 Å². The molecular formula is C33H19FN4OS. The lowest BCUT2D eigenvalue weighted by atomic mass is 10.0. The number of hydrogen-bond donors (Lipinski definition) is 1. The molecule has 5 aromatic carbocycles. The van der Waals surface area contributed by atoms with Gasteiger partial charge >= 0.3 is 0 Å². The molecule has 5 nitrogen and oxygen atoms in total. The summed E-state index contributed by atoms with van der Waals surface area (Å²) in [7, 11) is 0. The van der Waals surface area contributed by atoms with Crippen molar-refractivity contribution in [3.05, 3.63) is 125 Å². The number of H-pyrrole nitrogens is 1. The minimum absolute atomic E-state index is 0.191. The van der Waals surface area contributed by atoms with E-state index >= 15 is 0 Å². The Morgan fingerprint density at radius 3 is 2.30 bits per heavy atom. The monoisotopic (exact) mass is 538 g/mol. The molecule has 8 aromatic rings. The maximum atomic E-state index is 14.9. The SMILES string of the molecule is O=c1c2ccccc2nc(-c2ccccc2F)n1-c1nc2ccc(-c3ccc4sc5ccccc5c4c3)cc2[nH]1. The van der Waals surface area contributed by atoms with Crippen LogP contribution < -0.4 is 5.56 Å². The average molecular weight is 539 g/mol. The highest BCUT2D eigenvalue weighted by Crippen LogP contribution is 2.36. The Morgan fingerprint density at radius 1 is 0.675 bits per heavy atom. The molecule has 0 aliphatic rings. The van der Waals surface area contributed by atoms with Crippen molar-refractivity contribution in [2.45, 2.75) is 0 Å². The van der Waals surface area contributed by atoms with E-state index in [2.05, 4.69) is 47.4 Å². The Bertz CT molecular complexity index is 2330. The molecule has 0 bridgehead atoms. The van der Waals surface area contributed by atoms with Crippen molar-refractivity contribution < 1.29 is 4.39 Å². The number of nitrogens with one attached hydrogen (secondary N) is 1. The number of thiophene rings is 1. The van der Waals surface area contributed by atoms with Gasteiger partial charge in [-0.3, -0.25) is 4.79 Å². The fourth-order valence-electron chi connectivity index (χ4n) is 5.34. The molecule has 0 saturated heterocycles. The third-order valence-corrected chi connectivity index (χ3v) is 8.43. The Kier molecular flexibility index (Phi) is 4.96. The lowest BCUT2D eigenvalue weighted by molar-refractivity contribution is 0.629. The van der Waals surface area contributed by atoms with Gasteiger partial charge in [0, 0.05) is 20.2 Å². The summed E-state index contributed by atoms with van der Waals surface area (Å²) in [5.74, 6) is 0.0111. The Balaban J connectivity index is 1.31. The zero-order chi connectivity index (χ0) is 26.8. The number of hydrogen-bond acceptors (Lipinski definition) is 4. The van der Waals surface area contributed by atoms with Crippen molar-refractivity contribution in [3.8, 4) is 28.5 Å². The van der Waals surface area contributed by atoms with Gasteiger partial charge in [-0.25, -0.2) is 18.9 Å². The number of fused-ring (bicyclic) bond motifs is 5. The van der Waals surface area contributed by atoms with Crippen LogP contribution in [0.1, 0.15) is 0 Å². The highest BCUT2D eigenvalue weighted by Gasteiger charge is 2.19. The molecule has 1 N–H and O–H groups in total. The number of aromatic amines is 1. The van der Waals surface area contributed by atoms with Gasteiger partial charge in [0.2, 0.25) is 5.95 Å². The Hall–Kier alpha value is -5.14. The summed E-state index contributed by atoms with van der Waals surface area (Å²) in [6.45, 7) is 0. The molecule has 3 aromatic heterocycles. The molecule has 8 rings (SSSR count). The molecular weight excluding hydrogens is 519 g/mol. The summed E-state index contributed by atoms with van der Waals surface area (Å²) in [5, 5.41) is 2.91. The number of aromatic nitrogens is 4. The topological polar surface area (TPSA) is 63.6 Å². The highest BCUT2D eigenvalue weighted by atomic mass is 32.1. The number of para-hydroxylation sites is 1. The van der Waals surface area contributed by atoms with Gasteiger partial charge in [-0.05, 0) is 65.7 Å². The summed E-state index contributed by atoms with van der Waals surface area (Å²) in [5.41, 5.74) is 3.98. The van der Waals surface area contributed by atoms with Crippen LogP contribution in [0, 0.1) is 5.82 Å². The second-order valence-corrected chi connectivity index (χ2v) is 10.8. The van der Waals surface area contributed by atoms with E-state index in [-0.39, 0.29) is 22.9 Å². The van der Waals surface area contributed by atoms with E-state index < -0.39 is 5.82 Å². The normalized spacial score (nSPS) is 11.7. The van der Waals surface area contributed by atoms with Gasteiger partial charge in [-0.2, -0.15) is 0 Å². The smallest absolute Gasteiger partial charge is 0.268 e. The zero-order valence-corrected chi connectivity index (χ0v) is 21.7. The summed E-state index contributed by atoms with van der Waals surface area (Å²) >= 11 is 1.79. The number of rotatable bonds is 3. The Labute approximate surface area is 230 Å². The zero-order valence-electron chi connectivity index (χ0n) is 20.9. The third-order valence-electron chi connectivity index (χ3n) is 7.28. The molecule has 0 fully saturated rings. The minimum Gasteiger partial charge on any atom is -0.323 e. The first kappa shape index (κ1) is 22.8. The average Bonchev–Trinajstić information content (AvgIpc) is 3.58. The fraction of sp³-hybridized carbons (Fsp3) is 0. The molecule has 3 heterocycles. The second-order valence-electron chi connectivity index (χ2n) is 9.67. The van der Waals surface area contributed by atoms with E-state index in [4.69, 9.17) is 9.97 Å². The maximum absolute atomic E-state index is 14.9. The van der Waals surface area contributed by atoms with Gasteiger partial charge < -0.3 is 4.98 Å². The lowest BCUT2D eigenvalue weighted by Gasteiger charge is -2.12. The van der Waals surface area contributed by atoms with Crippen molar-refractivity contribution in [2.24, 2.45) is 0 Å². The van der Waals surface area contributed by atoms with Crippen LogP contribution in [-0.2, 0) is 0 Å². The van der Waals surface area contributed by atoms with Crippen LogP contribution >= 0.6 is 11.3 Å². The van der Waals surface area contributed by atoms with Crippen LogP contribution in [0.5, 0.6) is 0 Å². The first-order chi connectivity index (χ1) is 19.6. The van der Waals surface area contributed by atoms with Crippen molar-refractivity contribution in [1.82, 2.24) is 19.5 Å². The van der Waals surface area contributed by atoms with Crippen LogP contribution in [0.15, 0.2) is 114 Å². The van der Waals surface area contributed by atoms with E-state index in [1.54, 1.807) is 47.7 Å². The van der Waals surface area contributed by atoms with Gasteiger partial charge in [0.1, 0.15) is 5.82 Å². The first-order valence-corrected chi connectivity index (χ1v) is 13.6. The van der Waals surface area contributed by atoms with Crippen molar-refractivity contribution in [3.63, 3.8) is 0 Å². The molecule has 0 amide bonds. The molecule has 0 aliphatic heterocycles. The summed E-state index contributed by atoms with van der Waals surface area (Å²) in [4.78, 5) is 26.5. The fourth-order valence-corrected chi connectivity index (χ4v) is 6.43. The van der Waals surface area contributed by atoms with Crippen molar-refractivity contribution in [1.29, 1.82) is 0 Å². The molecule has 190 valence electrons. The number of benzene rings is 5. The molecule has 0 saturated carbocycles. The number of halogens is 1. The Morgan fingerprint density at radius 2 is 1.40 bits per heavy atom. The molecule has 0 aliphatic carbocycles. The van der Waals surface area contributed by atoms with Crippen LogP contribution in [-0.4, -0.2) is 19.5 Å². The third kappa shape index (κ3) is 3.48. The van der Waals surface area contributed by atoms with Crippen LogP contribution in [0.2, 0.25) is 0 Å². The van der Waals surface area contributed by atoms with E-state index in [1.165, 1.54) is 30.8 Å². The van der Waals surface area contributed by atoms with Crippen molar-refractivity contribution in [2.75, 3.05) is 0 Å². The standard InChI is InChI=1S/C33H19FN4OS/c34-25-10-4-1-8-22(25)31-35-26-11-5-2-9-23(26)32(39)38(31)33-36-27-15-13-20(18-28(27)37-33)19-14-16-30-24(17-19)21-7-3-6-12-29(21)40-30/h1-18H,(H,36,37). The van der Waals surface area contributed by atoms with Gasteiger partial charge in [0.25, 0.3) is 5.56 Å². The van der Waals surface area contributed by atoms with E-state index in [0.29, 0.717) is 16.4 Å². The lowest BCUT2D eigenvalue weighted by Crippen LogP contribution is -2.23. The summed E-state index contributed by atoms with van der Waals surface area (Å²) < 4.78 is 18.8. The molecule has 0 spiro atoms. The van der Waals surface area contributed by atoms with Crippen molar-refractivity contribution >= 4 is 53.4 Å². The van der Waals surface area contributed by atoms with Gasteiger partial charge in [-0.15, -0.1) is 11.3 Å². The summed E-state index contributed by atoms with van der Waals surface area (Å²) in [6.07, 6.45) is 0. The van der Waals surface area contributed by atoms with Crippen LogP contribution in [0.25, 0.3) is 70.6 Å². The number of nitrogens with zero attached hydrogens (tertiary/aromatic N) is 3. The molecule has 0 atom stereocenters. The van der Waals surface area contributed by atoms with Gasteiger partial charge in [0.15, 0.2) is 5.82 Å². The van der Waals surface area contributed by atoms with E-state index in [9.17, 15) is 9.18 Å². The van der Waals surface area contributed by atoms with E-state index in [1.807, 2.05) is 24.3 Å². The van der Waals surface area contributed by atoms with Gasteiger partial charge in [-0.1, -0.05) is 54.6 Å². The minimum atomic E-state index is -0.465. The van der Waals surface area contributed by atoms with Crippen LogP contribution in [0.3, 0.4) is 0 Å². The predicted molar refractivity (Wildman–Crippen MR) is 161 cm³/mol. The second kappa shape index (κ2) is 8.69. The maximum Gasteiger partial charge on any atom is 0.268 e. The highest BCUT2D eigenvalue weighted by molar-refractivity contribution is 7.25. The predicted octanol–water partition coefficient (Wildman–Crippen LogP) is 8.10. The molecule has 40 heavy (non-hydrogen) atoms. The quantitative estimate of drug-likeness (QED) is 0.247. The molecule has 0 radical (unpaired) electrons.